The van der Waals surface area contributed by atoms with E-state index in [4.69, 9.17) is 5.73 Å². The number of benzene rings is 1. The molecule has 0 unspecified atom stereocenters. The molecular weight excluding hydrogens is 200 g/mol. The molecule has 1 heterocycles. The van der Waals surface area contributed by atoms with Crippen LogP contribution in [0.25, 0.3) is 10.9 Å². The van der Waals surface area contributed by atoms with Gasteiger partial charge in [0.2, 0.25) is 0 Å². The summed E-state index contributed by atoms with van der Waals surface area (Å²) in [6.07, 6.45) is 0. The molecule has 0 fully saturated rings. The lowest BCUT2D eigenvalue weighted by atomic mass is 10.0. The monoisotopic (exact) mass is 218 g/mol. The normalized spacial score (nSPS) is 12.2. The van der Waals surface area contributed by atoms with E-state index in [1.807, 2.05) is 19.9 Å². The van der Waals surface area contributed by atoms with Crippen molar-refractivity contribution in [1.82, 2.24) is 4.57 Å². The molecule has 0 aliphatic heterocycles. The number of fused-ring (bicyclic) bond motifs is 1. The van der Waals surface area contributed by atoms with E-state index in [-0.39, 0.29) is 5.54 Å². The van der Waals surface area contributed by atoms with Crippen LogP contribution in [-0.2, 0) is 12.1 Å². The van der Waals surface area contributed by atoms with Crippen molar-refractivity contribution in [2.75, 3.05) is 0 Å². The maximum absolute atomic E-state index is 9.52. The third-order valence-electron chi connectivity index (χ3n) is 2.86. The molecule has 3 nitrogen and oxygen atoms in total. The molecule has 0 saturated heterocycles. The van der Waals surface area contributed by atoms with Gasteiger partial charge in [-0.05, 0) is 39.0 Å². The standard InChI is InChI=1S/C13H18N2O/c1-4-15-11-8-10(16)6-5-9(11)7-12(15)13(2,3)14/h5-8,16H,4,14H2,1-3H3. The first kappa shape index (κ1) is 11.0. The molecule has 0 saturated carbocycles. The third kappa shape index (κ3) is 1.67. The van der Waals surface area contributed by atoms with Crippen LogP contribution >= 0.6 is 0 Å². The molecule has 16 heavy (non-hydrogen) atoms. The molecule has 0 aliphatic rings. The molecule has 86 valence electrons. The van der Waals surface area contributed by atoms with E-state index in [1.165, 1.54) is 0 Å². The van der Waals surface area contributed by atoms with Gasteiger partial charge in [0.25, 0.3) is 0 Å². The average molecular weight is 218 g/mol. The van der Waals surface area contributed by atoms with Gasteiger partial charge in [0.15, 0.2) is 0 Å². The molecule has 1 aromatic heterocycles. The Bertz CT molecular complexity index is 520. The fourth-order valence-electron chi connectivity index (χ4n) is 2.12. The van der Waals surface area contributed by atoms with Crippen molar-refractivity contribution in [2.45, 2.75) is 32.9 Å². The van der Waals surface area contributed by atoms with E-state index in [0.717, 1.165) is 23.1 Å². The predicted molar refractivity (Wildman–Crippen MR) is 66.5 cm³/mol. The zero-order chi connectivity index (χ0) is 11.9. The van der Waals surface area contributed by atoms with Crippen LogP contribution in [0.5, 0.6) is 5.75 Å². The summed E-state index contributed by atoms with van der Waals surface area (Å²) in [5, 5.41) is 10.6. The van der Waals surface area contributed by atoms with Crippen molar-refractivity contribution >= 4 is 10.9 Å². The SMILES string of the molecule is CCn1c(C(C)(C)N)cc2ccc(O)cc21. The summed E-state index contributed by atoms with van der Waals surface area (Å²) < 4.78 is 2.15. The second-order valence-electron chi connectivity index (χ2n) is 4.74. The second kappa shape index (κ2) is 3.52. The van der Waals surface area contributed by atoms with Crippen molar-refractivity contribution in [3.05, 3.63) is 30.0 Å². The summed E-state index contributed by atoms with van der Waals surface area (Å²) in [7, 11) is 0. The van der Waals surface area contributed by atoms with E-state index < -0.39 is 0 Å². The quantitative estimate of drug-likeness (QED) is 0.814. The number of aromatic hydroxyl groups is 1. The van der Waals surface area contributed by atoms with Crippen molar-refractivity contribution in [3.63, 3.8) is 0 Å². The van der Waals surface area contributed by atoms with Gasteiger partial charge >= 0.3 is 0 Å². The third-order valence-corrected chi connectivity index (χ3v) is 2.86. The second-order valence-corrected chi connectivity index (χ2v) is 4.74. The Morgan fingerprint density at radius 3 is 2.56 bits per heavy atom. The van der Waals surface area contributed by atoms with Crippen LogP contribution in [0.2, 0.25) is 0 Å². The number of hydrogen-bond acceptors (Lipinski definition) is 2. The van der Waals surface area contributed by atoms with Gasteiger partial charge in [0.05, 0.1) is 11.1 Å². The molecular formula is C13H18N2O. The lowest BCUT2D eigenvalue weighted by Gasteiger charge is -2.21. The Hall–Kier alpha value is -1.48. The van der Waals surface area contributed by atoms with Gasteiger partial charge in [0.1, 0.15) is 5.75 Å². The maximum atomic E-state index is 9.52. The minimum atomic E-state index is -0.370. The minimum absolute atomic E-state index is 0.293. The highest BCUT2D eigenvalue weighted by molar-refractivity contribution is 5.83. The van der Waals surface area contributed by atoms with Crippen LogP contribution in [-0.4, -0.2) is 9.67 Å². The number of aromatic nitrogens is 1. The highest BCUT2D eigenvalue weighted by atomic mass is 16.3. The van der Waals surface area contributed by atoms with Crippen molar-refractivity contribution in [2.24, 2.45) is 5.73 Å². The molecule has 2 aromatic rings. The van der Waals surface area contributed by atoms with Gasteiger partial charge in [-0.25, -0.2) is 0 Å². The molecule has 1 aromatic carbocycles. The lowest BCUT2D eigenvalue weighted by molar-refractivity contribution is 0.475. The molecule has 2 rings (SSSR count). The van der Waals surface area contributed by atoms with E-state index >= 15 is 0 Å². The first-order valence-corrected chi connectivity index (χ1v) is 5.55. The molecule has 0 radical (unpaired) electrons. The number of phenolic OH excluding ortho intramolecular Hbond substituents is 1. The first-order valence-electron chi connectivity index (χ1n) is 5.55. The Kier molecular flexibility index (Phi) is 2.43. The Balaban J connectivity index is 2.77. The van der Waals surface area contributed by atoms with Gasteiger partial charge < -0.3 is 15.4 Å². The summed E-state index contributed by atoms with van der Waals surface area (Å²) >= 11 is 0. The number of phenols is 1. The molecule has 3 N–H and O–H groups in total. The van der Waals surface area contributed by atoms with Crippen LogP contribution in [0.3, 0.4) is 0 Å². The van der Waals surface area contributed by atoms with Crippen molar-refractivity contribution in [3.8, 4) is 5.75 Å². The highest BCUT2D eigenvalue weighted by Crippen LogP contribution is 2.28. The number of nitrogens with two attached hydrogens (primary N) is 1. The summed E-state index contributed by atoms with van der Waals surface area (Å²) in [6, 6.07) is 7.51. The number of nitrogens with zero attached hydrogens (tertiary/aromatic N) is 1. The largest absolute Gasteiger partial charge is 0.508 e. The van der Waals surface area contributed by atoms with Gasteiger partial charge in [-0.3, -0.25) is 0 Å². The number of hydrogen-bond donors (Lipinski definition) is 2. The Morgan fingerprint density at radius 1 is 1.31 bits per heavy atom. The first-order chi connectivity index (χ1) is 7.43. The smallest absolute Gasteiger partial charge is 0.117 e. The molecule has 0 aliphatic carbocycles. The van der Waals surface area contributed by atoms with Crippen LogP contribution in [0, 0.1) is 0 Å². The van der Waals surface area contributed by atoms with Gasteiger partial charge in [-0.15, -0.1) is 0 Å². The highest BCUT2D eigenvalue weighted by Gasteiger charge is 2.20. The summed E-state index contributed by atoms with van der Waals surface area (Å²) in [4.78, 5) is 0. The van der Waals surface area contributed by atoms with E-state index in [0.29, 0.717) is 5.75 Å². The fourth-order valence-corrected chi connectivity index (χ4v) is 2.12. The van der Waals surface area contributed by atoms with Crippen molar-refractivity contribution < 1.29 is 5.11 Å². The molecule has 0 bridgehead atoms. The topological polar surface area (TPSA) is 51.2 Å². The predicted octanol–water partition coefficient (Wildman–Crippen LogP) is 2.56. The minimum Gasteiger partial charge on any atom is -0.508 e. The van der Waals surface area contributed by atoms with Crippen LogP contribution in [0.15, 0.2) is 24.3 Å². The van der Waals surface area contributed by atoms with Gasteiger partial charge in [-0.2, -0.15) is 0 Å². The summed E-state index contributed by atoms with van der Waals surface area (Å²) in [5.41, 5.74) is 7.91. The molecule has 0 spiro atoms. The van der Waals surface area contributed by atoms with E-state index in [1.54, 1.807) is 12.1 Å². The van der Waals surface area contributed by atoms with E-state index in [9.17, 15) is 5.11 Å². The van der Waals surface area contributed by atoms with Crippen LogP contribution < -0.4 is 5.73 Å². The van der Waals surface area contributed by atoms with Crippen LogP contribution in [0.1, 0.15) is 26.5 Å². The zero-order valence-corrected chi connectivity index (χ0v) is 9.99. The summed E-state index contributed by atoms with van der Waals surface area (Å²) in [6.45, 7) is 6.92. The van der Waals surface area contributed by atoms with E-state index in [2.05, 4.69) is 17.6 Å². The zero-order valence-electron chi connectivity index (χ0n) is 9.99. The molecule has 0 amide bonds. The summed E-state index contributed by atoms with van der Waals surface area (Å²) in [5.74, 6) is 0.293. The Labute approximate surface area is 95.5 Å². The van der Waals surface area contributed by atoms with Gasteiger partial charge in [0, 0.05) is 23.7 Å². The fraction of sp³-hybridized carbons (Fsp3) is 0.385. The number of aryl methyl sites for hydroxylation is 1. The number of rotatable bonds is 2. The average Bonchev–Trinajstić information content (AvgIpc) is 2.54. The van der Waals surface area contributed by atoms with Crippen molar-refractivity contribution in [1.29, 1.82) is 0 Å². The van der Waals surface area contributed by atoms with Crippen LogP contribution in [0.4, 0.5) is 0 Å². The molecule has 0 atom stereocenters. The Morgan fingerprint density at radius 2 is 2.00 bits per heavy atom. The lowest BCUT2D eigenvalue weighted by Crippen LogP contribution is -2.31. The molecule has 3 heteroatoms. The van der Waals surface area contributed by atoms with Gasteiger partial charge in [-0.1, -0.05) is 0 Å². The maximum Gasteiger partial charge on any atom is 0.117 e.